The van der Waals surface area contributed by atoms with Crippen LogP contribution in [0.5, 0.6) is 0 Å². The third-order valence-electron chi connectivity index (χ3n) is 3.78. The van der Waals surface area contributed by atoms with E-state index in [-0.39, 0.29) is 18.4 Å². The number of hydrogen-bond acceptors (Lipinski definition) is 4. The second kappa shape index (κ2) is 9.73. The number of amides is 2. The number of carbonyl (C=O) groups is 2. The van der Waals surface area contributed by atoms with E-state index in [4.69, 9.17) is 0 Å². The van der Waals surface area contributed by atoms with Crippen molar-refractivity contribution in [3.8, 4) is 0 Å². The van der Waals surface area contributed by atoms with E-state index in [9.17, 15) is 9.59 Å². The van der Waals surface area contributed by atoms with E-state index in [0.29, 0.717) is 19.1 Å². The Kier molecular flexibility index (Phi) is 8.30. The average Bonchev–Trinajstić information content (AvgIpc) is 2.98. The van der Waals surface area contributed by atoms with E-state index in [1.807, 2.05) is 6.92 Å². The first-order valence-corrected chi connectivity index (χ1v) is 8.03. The molecule has 0 aromatic carbocycles. The topological polar surface area (TPSA) is 64.7 Å². The second-order valence-corrected chi connectivity index (χ2v) is 5.72. The highest BCUT2D eigenvalue weighted by atomic mass is 16.2. The van der Waals surface area contributed by atoms with E-state index < -0.39 is 0 Å². The van der Waals surface area contributed by atoms with Crippen molar-refractivity contribution in [1.82, 2.24) is 20.4 Å². The van der Waals surface area contributed by atoms with Gasteiger partial charge in [0.05, 0.1) is 13.1 Å². The van der Waals surface area contributed by atoms with Crippen LogP contribution in [0, 0.1) is 0 Å². The summed E-state index contributed by atoms with van der Waals surface area (Å²) in [7, 11) is 1.70. The van der Waals surface area contributed by atoms with Gasteiger partial charge in [0.15, 0.2) is 0 Å². The molecule has 0 spiro atoms. The van der Waals surface area contributed by atoms with Crippen LogP contribution in [0.1, 0.15) is 33.1 Å². The highest BCUT2D eigenvalue weighted by molar-refractivity contribution is 5.85. The number of likely N-dealkylation sites (N-methyl/N-ethyl adjacent to an activating group) is 1. The molecule has 1 atom stereocenters. The summed E-state index contributed by atoms with van der Waals surface area (Å²) in [5.41, 5.74) is 0. The van der Waals surface area contributed by atoms with Crippen molar-refractivity contribution in [2.24, 2.45) is 0 Å². The summed E-state index contributed by atoms with van der Waals surface area (Å²) in [4.78, 5) is 27.7. The van der Waals surface area contributed by atoms with Gasteiger partial charge in [0.1, 0.15) is 0 Å². The molecular weight excluding hydrogens is 268 g/mol. The zero-order valence-electron chi connectivity index (χ0n) is 13.7. The van der Waals surface area contributed by atoms with Crippen LogP contribution in [-0.2, 0) is 9.59 Å². The van der Waals surface area contributed by atoms with E-state index in [0.717, 1.165) is 38.9 Å². The molecule has 1 aliphatic rings. The van der Waals surface area contributed by atoms with E-state index in [2.05, 4.69) is 22.5 Å². The van der Waals surface area contributed by atoms with Crippen LogP contribution < -0.4 is 10.6 Å². The second-order valence-electron chi connectivity index (χ2n) is 5.72. The number of carbonyl (C=O) groups excluding carboxylic acids is 2. The summed E-state index contributed by atoms with van der Waals surface area (Å²) in [5, 5.41) is 6.13. The van der Waals surface area contributed by atoms with Gasteiger partial charge in [-0.05, 0) is 32.4 Å². The third kappa shape index (κ3) is 6.44. The van der Waals surface area contributed by atoms with Crippen LogP contribution in [0.25, 0.3) is 0 Å². The zero-order valence-corrected chi connectivity index (χ0v) is 13.7. The first-order chi connectivity index (χ1) is 10.1. The fourth-order valence-electron chi connectivity index (χ4n) is 2.55. The Balaban J connectivity index is 2.42. The molecule has 0 aromatic rings. The first-order valence-electron chi connectivity index (χ1n) is 8.03. The number of hydrogen-bond donors (Lipinski definition) is 2. The van der Waals surface area contributed by atoms with Crippen molar-refractivity contribution in [2.45, 2.75) is 39.2 Å². The third-order valence-corrected chi connectivity index (χ3v) is 3.78. The Hall–Kier alpha value is -1.14. The van der Waals surface area contributed by atoms with Crippen molar-refractivity contribution in [3.05, 3.63) is 0 Å². The molecule has 0 saturated carbocycles. The molecule has 1 saturated heterocycles. The van der Waals surface area contributed by atoms with E-state index >= 15 is 0 Å². The van der Waals surface area contributed by atoms with E-state index in [1.54, 1.807) is 7.05 Å². The number of nitrogens with zero attached hydrogens (tertiary/aromatic N) is 2. The monoisotopic (exact) mass is 298 g/mol. The number of rotatable bonds is 9. The minimum atomic E-state index is -0.0859. The van der Waals surface area contributed by atoms with Crippen LogP contribution >= 0.6 is 0 Å². The summed E-state index contributed by atoms with van der Waals surface area (Å²) in [6.45, 7) is 8.24. The van der Waals surface area contributed by atoms with Gasteiger partial charge in [0.2, 0.25) is 11.8 Å². The van der Waals surface area contributed by atoms with Gasteiger partial charge < -0.3 is 15.5 Å². The van der Waals surface area contributed by atoms with Gasteiger partial charge in [-0.15, -0.1) is 0 Å². The molecule has 1 heterocycles. The van der Waals surface area contributed by atoms with Crippen molar-refractivity contribution < 1.29 is 9.59 Å². The fourth-order valence-corrected chi connectivity index (χ4v) is 2.55. The predicted molar refractivity (Wildman–Crippen MR) is 84.1 cm³/mol. The van der Waals surface area contributed by atoms with Crippen LogP contribution in [0.3, 0.4) is 0 Å². The average molecular weight is 298 g/mol. The molecular formula is C15H30N4O2. The van der Waals surface area contributed by atoms with Gasteiger partial charge in [0, 0.05) is 26.2 Å². The van der Waals surface area contributed by atoms with Crippen molar-refractivity contribution in [1.29, 1.82) is 0 Å². The first kappa shape index (κ1) is 17.9. The van der Waals surface area contributed by atoms with Gasteiger partial charge >= 0.3 is 0 Å². The molecule has 6 heteroatoms. The highest BCUT2D eigenvalue weighted by Gasteiger charge is 2.25. The minimum Gasteiger partial charge on any atom is -0.355 e. The molecule has 1 fully saturated rings. The molecule has 6 nitrogen and oxygen atoms in total. The molecule has 21 heavy (non-hydrogen) atoms. The summed E-state index contributed by atoms with van der Waals surface area (Å²) in [6.07, 6.45) is 3.03. The van der Waals surface area contributed by atoms with E-state index in [1.165, 1.54) is 4.90 Å². The lowest BCUT2D eigenvalue weighted by molar-refractivity contribution is -0.136. The summed E-state index contributed by atoms with van der Waals surface area (Å²) in [6, 6.07) is 0.441. The van der Waals surface area contributed by atoms with Gasteiger partial charge in [0.25, 0.3) is 0 Å². The van der Waals surface area contributed by atoms with Crippen molar-refractivity contribution in [2.75, 3.05) is 46.3 Å². The molecule has 2 amide bonds. The molecule has 1 aliphatic heterocycles. The van der Waals surface area contributed by atoms with Gasteiger partial charge in [-0.2, -0.15) is 0 Å². The lowest BCUT2D eigenvalue weighted by Crippen LogP contribution is -2.47. The Morgan fingerprint density at radius 1 is 1.24 bits per heavy atom. The lowest BCUT2D eigenvalue weighted by atomic mass is 10.2. The highest BCUT2D eigenvalue weighted by Crippen LogP contribution is 2.09. The quantitative estimate of drug-likeness (QED) is 0.631. The fraction of sp³-hybridized carbons (Fsp3) is 0.867. The summed E-state index contributed by atoms with van der Waals surface area (Å²) < 4.78 is 0. The molecule has 1 unspecified atom stereocenters. The molecule has 0 radical (unpaired) electrons. The Bertz CT molecular complexity index is 330. The Labute approximate surface area is 128 Å². The van der Waals surface area contributed by atoms with Crippen molar-refractivity contribution in [3.63, 3.8) is 0 Å². The summed E-state index contributed by atoms with van der Waals surface area (Å²) >= 11 is 0. The minimum absolute atomic E-state index is 0.0157. The predicted octanol–water partition coefficient (Wildman–Crippen LogP) is 0.0449. The molecule has 2 N–H and O–H groups in total. The molecule has 122 valence electrons. The standard InChI is InChI=1S/C15H30N4O2/c1-4-7-17-14(20)11-18(3)15(21)12-19(9-5-2)13-6-8-16-10-13/h13,16H,4-12H2,1-3H3,(H,17,20). The maximum atomic E-state index is 12.3. The number of nitrogens with one attached hydrogen (secondary N) is 2. The molecule has 0 bridgehead atoms. The van der Waals surface area contributed by atoms with Gasteiger partial charge in [-0.1, -0.05) is 13.8 Å². The van der Waals surface area contributed by atoms with Crippen LogP contribution in [0.4, 0.5) is 0 Å². The Morgan fingerprint density at radius 2 is 2.00 bits per heavy atom. The van der Waals surface area contributed by atoms with Crippen LogP contribution in [0.2, 0.25) is 0 Å². The van der Waals surface area contributed by atoms with Crippen molar-refractivity contribution >= 4 is 11.8 Å². The largest absolute Gasteiger partial charge is 0.355 e. The lowest BCUT2D eigenvalue weighted by Gasteiger charge is -2.29. The summed E-state index contributed by atoms with van der Waals surface area (Å²) in [5.74, 6) is -0.0701. The zero-order chi connectivity index (χ0) is 15.7. The molecule has 1 rings (SSSR count). The molecule has 0 aromatic heterocycles. The smallest absolute Gasteiger partial charge is 0.239 e. The Morgan fingerprint density at radius 3 is 2.57 bits per heavy atom. The maximum Gasteiger partial charge on any atom is 0.239 e. The molecule has 0 aliphatic carbocycles. The van der Waals surface area contributed by atoms with Gasteiger partial charge in [-0.3, -0.25) is 14.5 Å². The van der Waals surface area contributed by atoms with Crippen LogP contribution in [-0.4, -0.2) is 74.0 Å². The SMILES string of the molecule is CCCNC(=O)CN(C)C(=O)CN(CCC)C1CCNC1. The normalized spacial score (nSPS) is 18.0. The van der Waals surface area contributed by atoms with Gasteiger partial charge in [-0.25, -0.2) is 0 Å². The maximum absolute atomic E-state index is 12.3. The van der Waals surface area contributed by atoms with Crippen LogP contribution in [0.15, 0.2) is 0 Å².